The molecule has 4 rings (SSSR count). The molecule has 0 saturated heterocycles. The van der Waals surface area contributed by atoms with Crippen LogP contribution in [0.25, 0.3) is 16.8 Å². The summed E-state index contributed by atoms with van der Waals surface area (Å²) in [5, 5.41) is 7.85. The van der Waals surface area contributed by atoms with Crippen LogP contribution in [0.1, 0.15) is 15.9 Å². The highest BCUT2D eigenvalue weighted by Gasteiger charge is 2.12. The van der Waals surface area contributed by atoms with Crippen LogP contribution in [-0.4, -0.2) is 27.6 Å². The summed E-state index contributed by atoms with van der Waals surface area (Å²) in [6, 6.07) is 16.9. The average molecular weight is 373 g/mol. The molecular weight excluding hydrogens is 354 g/mol. The maximum absolute atomic E-state index is 11.5. The fraction of sp³-hybridized carbons (Fsp3) is 0.0952. The van der Waals surface area contributed by atoms with Gasteiger partial charge in [-0.2, -0.15) is 9.61 Å². The Kier molecular flexibility index (Phi) is 4.63. The molecule has 2 aromatic carbocycles. The summed E-state index contributed by atoms with van der Waals surface area (Å²) in [7, 11) is 1.65. The number of ether oxygens (including phenoxy) is 1. The molecule has 7 heteroatoms. The molecule has 0 bridgehead atoms. The van der Waals surface area contributed by atoms with Crippen molar-refractivity contribution in [3.05, 3.63) is 78.1 Å². The molecule has 0 radical (unpaired) electrons. The van der Waals surface area contributed by atoms with E-state index in [1.165, 1.54) is 0 Å². The Morgan fingerprint density at radius 1 is 1.18 bits per heavy atom. The van der Waals surface area contributed by atoms with Crippen LogP contribution in [0.15, 0.2) is 67.0 Å². The molecule has 0 saturated carbocycles. The van der Waals surface area contributed by atoms with Crippen molar-refractivity contribution in [2.75, 3.05) is 12.4 Å². The Bertz CT molecular complexity index is 1140. The summed E-state index contributed by atoms with van der Waals surface area (Å²) in [4.78, 5) is 15.9. The molecule has 3 N–H and O–H groups in total. The minimum absolute atomic E-state index is 0.450. The van der Waals surface area contributed by atoms with Crippen molar-refractivity contribution < 1.29 is 9.53 Å². The summed E-state index contributed by atoms with van der Waals surface area (Å²) in [6.45, 7) is 0.634. The molecular formula is C21H19N5O2. The number of carbonyl (C=O) groups excluding carboxylic acids is 1. The van der Waals surface area contributed by atoms with Crippen molar-refractivity contribution >= 4 is 17.4 Å². The number of anilines is 1. The van der Waals surface area contributed by atoms with Gasteiger partial charge >= 0.3 is 0 Å². The zero-order chi connectivity index (χ0) is 19.5. The maximum atomic E-state index is 11.5. The maximum Gasteiger partial charge on any atom is 0.248 e. The first-order valence-corrected chi connectivity index (χ1v) is 8.75. The first kappa shape index (κ1) is 17.5. The molecule has 1 amide bonds. The molecule has 7 nitrogen and oxygen atoms in total. The number of aromatic nitrogens is 3. The lowest BCUT2D eigenvalue weighted by Gasteiger charge is -2.09. The number of nitrogens with two attached hydrogens (primary N) is 1. The van der Waals surface area contributed by atoms with Crippen molar-refractivity contribution in [3.8, 4) is 16.9 Å². The molecule has 0 aliphatic heterocycles. The fourth-order valence-electron chi connectivity index (χ4n) is 3.01. The van der Waals surface area contributed by atoms with E-state index in [0.717, 1.165) is 28.3 Å². The fourth-order valence-corrected chi connectivity index (χ4v) is 3.01. The largest absolute Gasteiger partial charge is 0.497 e. The molecule has 140 valence electrons. The van der Waals surface area contributed by atoms with Crippen molar-refractivity contribution in [3.63, 3.8) is 0 Å². The van der Waals surface area contributed by atoms with Crippen LogP contribution in [0.2, 0.25) is 0 Å². The quantitative estimate of drug-likeness (QED) is 0.541. The lowest BCUT2D eigenvalue weighted by Crippen LogP contribution is -2.10. The van der Waals surface area contributed by atoms with Crippen molar-refractivity contribution in [1.29, 1.82) is 0 Å². The van der Waals surface area contributed by atoms with Crippen LogP contribution in [0.3, 0.4) is 0 Å². The van der Waals surface area contributed by atoms with E-state index in [4.69, 9.17) is 10.5 Å². The molecule has 0 unspecified atom stereocenters. The van der Waals surface area contributed by atoms with E-state index in [0.29, 0.717) is 17.8 Å². The van der Waals surface area contributed by atoms with Gasteiger partial charge in [-0.05, 0) is 41.5 Å². The van der Waals surface area contributed by atoms with E-state index < -0.39 is 5.91 Å². The first-order chi connectivity index (χ1) is 13.7. The third-order valence-corrected chi connectivity index (χ3v) is 4.49. The van der Waals surface area contributed by atoms with Gasteiger partial charge < -0.3 is 15.8 Å². The van der Waals surface area contributed by atoms with E-state index in [9.17, 15) is 4.79 Å². The Hall–Kier alpha value is -3.87. The number of benzene rings is 2. The van der Waals surface area contributed by atoms with Gasteiger partial charge in [0.05, 0.1) is 13.3 Å². The highest BCUT2D eigenvalue weighted by atomic mass is 16.5. The number of hydrogen-bond donors (Lipinski definition) is 2. The first-order valence-electron chi connectivity index (χ1n) is 8.75. The van der Waals surface area contributed by atoms with Crippen molar-refractivity contribution in [1.82, 2.24) is 14.6 Å². The number of carbonyl (C=O) groups is 1. The van der Waals surface area contributed by atoms with Gasteiger partial charge in [0.15, 0.2) is 5.65 Å². The van der Waals surface area contributed by atoms with Gasteiger partial charge in [-0.15, -0.1) is 0 Å². The van der Waals surface area contributed by atoms with E-state index in [2.05, 4.69) is 15.4 Å². The Labute approximate surface area is 161 Å². The van der Waals surface area contributed by atoms with Crippen LogP contribution in [0.5, 0.6) is 5.75 Å². The Morgan fingerprint density at radius 3 is 2.75 bits per heavy atom. The summed E-state index contributed by atoms with van der Waals surface area (Å²) in [5.74, 6) is 1.18. The van der Waals surface area contributed by atoms with Crippen LogP contribution in [0, 0.1) is 0 Å². The van der Waals surface area contributed by atoms with Crippen LogP contribution in [-0.2, 0) is 6.54 Å². The van der Waals surface area contributed by atoms with Gasteiger partial charge in [0.1, 0.15) is 11.6 Å². The zero-order valence-electron chi connectivity index (χ0n) is 15.3. The second-order valence-electron chi connectivity index (χ2n) is 6.27. The standard InChI is InChI=1S/C21H19N5O2/c1-28-17-7-5-14(6-8-17)12-24-19-9-10-23-21-18(13-25-26(19)21)15-3-2-4-16(11-15)20(22)27/h2-11,13,24H,12H2,1H3,(H2,22,27). The molecule has 28 heavy (non-hydrogen) atoms. The second-order valence-corrected chi connectivity index (χ2v) is 6.27. The summed E-state index contributed by atoms with van der Waals surface area (Å²) < 4.78 is 6.93. The van der Waals surface area contributed by atoms with Crippen LogP contribution in [0.4, 0.5) is 5.82 Å². The highest BCUT2D eigenvalue weighted by molar-refractivity contribution is 5.94. The minimum Gasteiger partial charge on any atom is -0.497 e. The molecule has 0 spiro atoms. The topological polar surface area (TPSA) is 94.5 Å². The van der Waals surface area contributed by atoms with E-state index in [-0.39, 0.29) is 0 Å². The number of nitrogens with zero attached hydrogens (tertiary/aromatic N) is 3. The van der Waals surface area contributed by atoms with Gasteiger partial charge in [0.25, 0.3) is 0 Å². The molecule has 0 aliphatic rings. The average Bonchev–Trinajstić information content (AvgIpc) is 3.17. The summed E-state index contributed by atoms with van der Waals surface area (Å²) >= 11 is 0. The van der Waals surface area contributed by atoms with Gasteiger partial charge in [-0.1, -0.05) is 24.3 Å². The predicted octanol–water partition coefficient (Wildman–Crippen LogP) is 3.12. The molecule has 0 aliphatic carbocycles. The number of methoxy groups -OCH3 is 1. The van der Waals surface area contributed by atoms with E-state index >= 15 is 0 Å². The molecule has 4 aromatic rings. The summed E-state index contributed by atoms with van der Waals surface area (Å²) in [5.41, 5.74) is 9.32. The smallest absolute Gasteiger partial charge is 0.248 e. The van der Waals surface area contributed by atoms with Crippen molar-refractivity contribution in [2.45, 2.75) is 6.54 Å². The molecule has 2 aromatic heterocycles. The van der Waals surface area contributed by atoms with Gasteiger partial charge in [0.2, 0.25) is 5.91 Å². The van der Waals surface area contributed by atoms with Gasteiger partial charge in [-0.25, -0.2) is 4.98 Å². The predicted molar refractivity (Wildman–Crippen MR) is 107 cm³/mol. The normalized spacial score (nSPS) is 10.8. The number of hydrogen-bond acceptors (Lipinski definition) is 5. The number of primary amides is 1. The monoisotopic (exact) mass is 373 g/mol. The zero-order valence-corrected chi connectivity index (χ0v) is 15.3. The lowest BCUT2D eigenvalue weighted by molar-refractivity contribution is 0.100. The lowest BCUT2D eigenvalue weighted by atomic mass is 10.1. The summed E-state index contributed by atoms with van der Waals surface area (Å²) in [6.07, 6.45) is 3.47. The van der Waals surface area contributed by atoms with Crippen molar-refractivity contribution in [2.24, 2.45) is 5.73 Å². The second kappa shape index (κ2) is 7.40. The number of rotatable bonds is 6. The SMILES string of the molecule is COc1ccc(CNc2ccnc3c(-c4cccc(C(N)=O)c4)cnn23)cc1. The molecule has 0 fully saturated rings. The van der Waals surface area contributed by atoms with Crippen LogP contribution < -0.4 is 15.8 Å². The third-order valence-electron chi connectivity index (χ3n) is 4.49. The van der Waals surface area contributed by atoms with E-state index in [1.807, 2.05) is 36.4 Å². The minimum atomic E-state index is -0.465. The Balaban J connectivity index is 1.63. The van der Waals surface area contributed by atoms with Crippen LogP contribution >= 0.6 is 0 Å². The van der Waals surface area contributed by atoms with Gasteiger partial charge in [-0.3, -0.25) is 4.79 Å². The molecule has 0 atom stereocenters. The van der Waals surface area contributed by atoms with E-state index in [1.54, 1.807) is 42.2 Å². The number of amides is 1. The van der Waals surface area contributed by atoms with Gasteiger partial charge in [0, 0.05) is 23.9 Å². The molecule has 2 heterocycles. The number of fused-ring (bicyclic) bond motifs is 1. The third kappa shape index (κ3) is 3.37. The highest BCUT2D eigenvalue weighted by Crippen LogP contribution is 2.26. The Morgan fingerprint density at radius 2 is 2.00 bits per heavy atom. The number of nitrogens with one attached hydrogen (secondary N) is 1.